The summed E-state index contributed by atoms with van der Waals surface area (Å²) in [6.07, 6.45) is 0. The van der Waals surface area contributed by atoms with Gasteiger partial charge in [0.2, 0.25) is 0 Å². The number of benzene rings is 2. The van der Waals surface area contributed by atoms with Gasteiger partial charge in [0.25, 0.3) is 16.0 Å². The third-order valence-electron chi connectivity index (χ3n) is 2.68. The predicted molar refractivity (Wildman–Crippen MR) is 86.4 cm³/mol. The fourth-order valence-corrected chi connectivity index (χ4v) is 2.56. The average Bonchev–Trinajstić information content (AvgIpc) is 2.47. The maximum Gasteiger partial charge on any atom is 0.296 e. The summed E-state index contributed by atoms with van der Waals surface area (Å²) in [5, 5.41) is 4.93. The first-order valence-electron chi connectivity index (χ1n) is 6.12. The Morgan fingerprint density at radius 2 is 1.59 bits per heavy atom. The van der Waals surface area contributed by atoms with E-state index in [2.05, 4.69) is 10.6 Å². The smallest absolute Gasteiger partial charge is 0.296 e. The Kier molecular flexibility index (Phi) is 4.86. The summed E-state index contributed by atoms with van der Waals surface area (Å²) >= 11 is 4.98. The molecule has 0 saturated heterocycles. The van der Waals surface area contributed by atoms with Crippen LogP contribution in [0.25, 0.3) is 0 Å². The maximum absolute atomic E-state index is 11.9. The molecular formula is C14H12N2O4S2. The normalized spacial score (nSPS) is 10.8. The van der Waals surface area contributed by atoms with Crippen LogP contribution in [0.4, 0.5) is 5.69 Å². The van der Waals surface area contributed by atoms with Crippen molar-refractivity contribution in [2.45, 2.75) is 4.90 Å². The molecule has 0 atom stereocenters. The van der Waals surface area contributed by atoms with E-state index in [0.29, 0.717) is 5.56 Å². The fraction of sp³-hybridized carbons (Fsp3) is 0. The van der Waals surface area contributed by atoms with Crippen LogP contribution in [-0.2, 0) is 10.1 Å². The lowest BCUT2D eigenvalue weighted by molar-refractivity contribution is 0.0977. The second-order valence-corrected chi connectivity index (χ2v) is 6.04. The van der Waals surface area contributed by atoms with E-state index in [-0.39, 0.29) is 15.7 Å². The predicted octanol–water partition coefficient (Wildman–Crippen LogP) is 2.06. The Morgan fingerprint density at radius 1 is 1.00 bits per heavy atom. The van der Waals surface area contributed by atoms with E-state index < -0.39 is 16.0 Å². The average molecular weight is 336 g/mol. The highest BCUT2D eigenvalue weighted by molar-refractivity contribution is 7.86. The van der Waals surface area contributed by atoms with Gasteiger partial charge in [-0.1, -0.05) is 30.3 Å². The summed E-state index contributed by atoms with van der Waals surface area (Å²) in [6, 6.07) is 14.1. The number of anilines is 1. The Balaban J connectivity index is 2.12. The lowest BCUT2D eigenvalue weighted by atomic mass is 10.2. The third kappa shape index (κ3) is 4.10. The fourth-order valence-electron chi connectivity index (χ4n) is 1.71. The van der Waals surface area contributed by atoms with Crippen LogP contribution in [0, 0.1) is 0 Å². The lowest BCUT2D eigenvalue weighted by Crippen LogP contribution is -2.34. The molecule has 0 radical (unpaired) electrons. The number of thiocarbonyl (C=S) groups is 1. The van der Waals surface area contributed by atoms with Gasteiger partial charge in [0.05, 0.1) is 5.69 Å². The minimum Gasteiger partial charge on any atom is -0.331 e. The van der Waals surface area contributed by atoms with E-state index in [1.54, 1.807) is 36.4 Å². The summed E-state index contributed by atoms with van der Waals surface area (Å²) in [5.41, 5.74) is 0.484. The number of hydrogen-bond donors (Lipinski definition) is 3. The molecular weight excluding hydrogens is 324 g/mol. The van der Waals surface area contributed by atoms with Crippen LogP contribution in [0.1, 0.15) is 10.4 Å². The van der Waals surface area contributed by atoms with Gasteiger partial charge in [0.15, 0.2) is 5.11 Å². The lowest BCUT2D eigenvalue weighted by Gasteiger charge is -2.12. The van der Waals surface area contributed by atoms with Gasteiger partial charge in [-0.05, 0) is 36.5 Å². The van der Waals surface area contributed by atoms with Crippen LogP contribution in [-0.4, -0.2) is 24.0 Å². The van der Waals surface area contributed by atoms with E-state index in [9.17, 15) is 13.2 Å². The number of nitrogens with one attached hydrogen (secondary N) is 2. The highest BCUT2D eigenvalue weighted by Crippen LogP contribution is 2.20. The Hall–Kier alpha value is -2.29. The molecule has 0 heterocycles. The van der Waals surface area contributed by atoms with Crippen LogP contribution in [0.15, 0.2) is 59.5 Å². The second-order valence-electron chi connectivity index (χ2n) is 4.25. The van der Waals surface area contributed by atoms with Gasteiger partial charge in [0.1, 0.15) is 4.90 Å². The Morgan fingerprint density at radius 3 is 2.23 bits per heavy atom. The number of carbonyl (C=O) groups is 1. The Bertz CT molecular complexity index is 805. The van der Waals surface area contributed by atoms with Gasteiger partial charge in [0, 0.05) is 5.56 Å². The number of amides is 1. The molecule has 0 aromatic heterocycles. The van der Waals surface area contributed by atoms with Crippen molar-refractivity contribution >= 4 is 39.0 Å². The summed E-state index contributed by atoms with van der Waals surface area (Å²) in [7, 11) is -4.39. The van der Waals surface area contributed by atoms with Crippen LogP contribution >= 0.6 is 12.2 Å². The van der Waals surface area contributed by atoms with Gasteiger partial charge in [-0.2, -0.15) is 8.42 Å². The first-order chi connectivity index (χ1) is 10.4. The van der Waals surface area contributed by atoms with Crippen LogP contribution in [0.2, 0.25) is 0 Å². The van der Waals surface area contributed by atoms with Gasteiger partial charge < -0.3 is 5.32 Å². The van der Waals surface area contributed by atoms with E-state index in [1.807, 2.05) is 0 Å². The molecule has 0 aliphatic carbocycles. The van der Waals surface area contributed by atoms with Gasteiger partial charge in [-0.3, -0.25) is 14.7 Å². The van der Waals surface area contributed by atoms with Gasteiger partial charge in [-0.15, -0.1) is 0 Å². The minimum atomic E-state index is -4.39. The topological polar surface area (TPSA) is 95.5 Å². The zero-order chi connectivity index (χ0) is 16.2. The van der Waals surface area contributed by atoms with Crippen LogP contribution in [0.3, 0.4) is 0 Å². The molecule has 1 amide bonds. The molecule has 0 bridgehead atoms. The van der Waals surface area contributed by atoms with Crippen molar-refractivity contribution in [3.05, 3.63) is 60.2 Å². The molecule has 0 spiro atoms. The number of hydrogen-bond acceptors (Lipinski definition) is 4. The molecule has 0 saturated carbocycles. The summed E-state index contributed by atoms with van der Waals surface area (Å²) in [4.78, 5) is 11.6. The van der Waals surface area contributed by atoms with Crippen molar-refractivity contribution in [1.82, 2.24) is 5.32 Å². The summed E-state index contributed by atoms with van der Waals surface area (Å²) < 4.78 is 31.7. The number of para-hydroxylation sites is 1. The van der Waals surface area contributed by atoms with Crippen LogP contribution in [0.5, 0.6) is 0 Å². The molecule has 0 aliphatic heterocycles. The summed E-state index contributed by atoms with van der Waals surface area (Å²) in [5.74, 6) is -0.428. The monoisotopic (exact) mass is 336 g/mol. The van der Waals surface area contributed by atoms with Crippen molar-refractivity contribution in [2.75, 3.05) is 5.32 Å². The van der Waals surface area contributed by atoms with Crippen molar-refractivity contribution in [1.29, 1.82) is 0 Å². The highest BCUT2D eigenvalue weighted by Gasteiger charge is 2.16. The molecule has 0 unspecified atom stereocenters. The van der Waals surface area contributed by atoms with E-state index in [1.165, 1.54) is 18.2 Å². The van der Waals surface area contributed by atoms with Crippen molar-refractivity contribution < 1.29 is 17.8 Å². The largest absolute Gasteiger partial charge is 0.331 e. The summed E-state index contributed by atoms with van der Waals surface area (Å²) in [6.45, 7) is 0. The molecule has 2 aromatic rings. The van der Waals surface area contributed by atoms with Gasteiger partial charge >= 0.3 is 0 Å². The Labute approximate surface area is 132 Å². The van der Waals surface area contributed by atoms with E-state index in [4.69, 9.17) is 16.8 Å². The van der Waals surface area contributed by atoms with Crippen molar-refractivity contribution in [3.63, 3.8) is 0 Å². The highest BCUT2D eigenvalue weighted by atomic mass is 32.2. The molecule has 2 rings (SSSR count). The number of carbonyl (C=O) groups excluding carboxylic acids is 1. The number of rotatable bonds is 3. The maximum atomic E-state index is 11.9. The van der Waals surface area contributed by atoms with Crippen molar-refractivity contribution in [3.8, 4) is 0 Å². The molecule has 3 N–H and O–H groups in total. The molecule has 8 heteroatoms. The minimum absolute atomic E-state index is 0.0726. The second kappa shape index (κ2) is 6.65. The molecule has 6 nitrogen and oxygen atoms in total. The molecule has 0 fully saturated rings. The SMILES string of the molecule is O=C(NC(=S)Nc1ccccc1S(=O)(=O)O)c1ccccc1. The zero-order valence-corrected chi connectivity index (χ0v) is 12.8. The first-order valence-corrected chi connectivity index (χ1v) is 7.96. The molecule has 0 aliphatic rings. The van der Waals surface area contributed by atoms with Crippen molar-refractivity contribution in [2.24, 2.45) is 0 Å². The molecule has 2 aromatic carbocycles. The zero-order valence-electron chi connectivity index (χ0n) is 11.2. The quantitative estimate of drug-likeness (QED) is 0.586. The molecule has 22 heavy (non-hydrogen) atoms. The first kappa shape index (κ1) is 16.1. The standard InChI is InChI=1S/C14H12N2O4S2/c17-13(10-6-2-1-3-7-10)16-14(21)15-11-8-4-5-9-12(11)22(18,19)20/h1-9H,(H,18,19,20)(H2,15,16,17,21). The molecule has 114 valence electrons. The van der Waals surface area contributed by atoms with Gasteiger partial charge in [-0.25, -0.2) is 0 Å². The van der Waals surface area contributed by atoms with Crippen LogP contribution < -0.4 is 10.6 Å². The van der Waals surface area contributed by atoms with E-state index in [0.717, 1.165) is 0 Å². The van der Waals surface area contributed by atoms with E-state index >= 15 is 0 Å². The third-order valence-corrected chi connectivity index (χ3v) is 3.79.